The van der Waals surface area contributed by atoms with Crippen molar-refractivity contribution < 1.29 is 8.78 Å². The topological polar surface area (TPSA) is 43.8 Å². The summed E-state index contributed by atoms with van der Waals surface area (Å²) >= 11 is 0. The van der Waals surface area contributed by atoms with E-state index in [1.807, 2.05) is 0 Å². The minimum Gasteiger partial charge on any atom is -0.369 e. The molecule has 3 nitrogen and oxygen atoms in total. The Kier molecular flexibility index (Phi) is 2.69. The second kappa shape index (κ2) is 4.23. The van der Waals surface area contributed by atoms with E-state index in [-0.39, 0.29) is 17.5 Å². The maximum atomic E-state index is 13.6. The van der Waals surface area contributed by atoms with Gasteiger partial charge in [0.15, 0.2) is 5.82 Å². The van der Waals surface area contributed by atoms with E-state index in [2.05, 4.69) is 4.98 Å². The average Bonchev–Trinajstić information content (AvgIpc) is 2.67. The maximum Gasteiger partial charge on any atom is 0.201 e. The van der Waals surface area contributed by atoms with Gasteiger partial charge in [-0.1, -0.05) is 19.3 Å². The minimum atomic E-state index is -0.647. The van der Waals surface area contributed by atoms with Crippen LogP contribution in [0, 0.1) is 11.6 Å². The number of benzene rings is 1. The quantitative estimate of drug-likeness (QED) is 0.844. The third-order valence-electron chi connectivity index (χ3n) is 3.68. The van der Waals surface area contributed by atoms with Crippen LogP contribution in [0.3, 0.4) is 0 Å². The van der Waals surface area contributed by atoms with Gasteiger partial charge < -0.3 is 10.3 Å². The van der Waals surface area contributed by atoms with Crippen LogP contribution in [0.1, 0.15) is 38.1 Å². The second-order valence-corrected chi connectivity index (χ2v) is 4.89. The first-order chi connectivity index (χ1) is 8.66. The Bertz CT molecular complexity index is 585. The molecule has 2 N–H and O–H groups in total. The maximum absolute atomic E-state index is 13.6. The second-order valence-electron chi connectivity index (χ2n) is 4.89. The van der Waals surface area contributed by atoms with Crippen molar-refractivity contribution in [1.29, 1.82) is 0 Å². The molecule has 1 aliphatic rings. The Hall–Kier alpha value is -1.65. The van der Waals surface area contributed by atoms with Crippen LogP contribution >= 0.6 is 0 Å². The predicted octanol–water partition coefficient (Wildman–Crippen LogP) is 3.40. The highest BCUT2D eigenvalue weighted by Crippen LogP contribution is 2.34. The number of hydrogen-bond donors (Lipinski definition) is 1. The Morgan fingerprint density at radius 1 is 1.17 bits per heavy atom. The summed E-state index contributed by atoms with van der Waals surface area (Å²) in [5.41, 5.74) is 6.50. The van der Waals surface area contributed by atoms with Crippen LogP contribution in [0.25, 0.3) is 11.0 Å². The lowest BCUT2D eigenvalue weighted by Crippen LogP contribution is -2.15. The number of hydrogen-bond acceptors (Lipinski definition) is 2. The predicted molar refractivity (Wildman–Crippen MR) is 66.2 cm³/mol. The summed E-state index contributed by atoms with van der Waals surface area (Å²) in [6.45, 7) is 0. The van der Waals surface area contributed by atoms with Crippen molar-refractivity contribution in [2.24, 2.45) is 0 Å². The number of anilines is 1. The molecule has 1 heterocycles. The van der Waals surface area contributed by atoms with E-state index < -0.39 is 11.6 Å². The molecule has 1 aromatic heterocycles. The molecule has 0 aliphatic heterocycles. The summed E-state index contributed by atoms with van der Waals surface area (Å²) in [7, 11) is 0. The molecule has 0 saturated heterocycles. The molecule has 0 spiro atoms. The molecule has 0 bridgehead atoms. The summed E-state index contributed by atoms with van der Waals surface area (Å²) < 4.78 is 28.8. The van der Waals surface area contributed by atoms with Gasteiger partial charge in [-0.15, -0.1) is 0 Å². The number of rotatable bonds is 1. The first-order valence-corrected chi connectivity index (χ1v) is 6.29. The highest BCUT2D eigenvalue weighted by Gasteiger charge is 2.22. The van der Waals surface area contributed by atoms with Crippen molar-refractivity contribution in [3.8, 4) is 0 Å². The summed E-state index contributed by atoms with van der Waals surface area (Å²) in [5.74, 6) is -0.954. The largest absolute Gasteiger partial charge is 0.369 e. The molecule has 3 rings (SSSR count). The molecule has 0 atom stereocenters. The van der Waals surface area contributed by atoms with E-state index in [9.17, 15) is 8.78 Å². The summed E-state index contributed by atoms with van der Waals surface area (Å²) in [6.07, 6.45) is 5.45. The monoisotopic (exact) mass is 251 g/mol. The van der Waals surface area contributed by atoms with Crippen molar-refractivity contribution >= 4 is 17.0 Å². The Labute approximate surface area is 104 Å². The van der Waals surface area contributed by atoms with Crippen molar-refractivity contribution in [3.63, 3.8) is 0 Å². The van der Waals surface area contributed by atoms with Gasteiger partial charge in [0.1, 0.15) is 11.3 Å². The fourth-order valence-corrected chi connectivity index (χ4v) is 2.86. The SMILES string of the molecule is Nc1nc2c(F)cc(F)cc2n1C1CCCCC1. The van der Waals surface area contributed by atoms with E-state index in [0.717, 1.165) is 31.7 Å². The molecule has 0 unspecified atom stereocenters. The molecule has 5 heteroatoms. The summed E-state index contributed by atoms with van der Waals surface area (Å²) in [6, 6.07) is 2.38. The van der Waals surface area contributed by atoms with Crippen LogP contribution in [0.4, 0.5) is 14.7 Å². The number of fused-ring (bicyclic) bond motifs is 1. The van der Waals surface area contributed by atoms with Gasteiger partial charge in [-0.3, -0.25) is 0 Å². The van der Waals surface area contributed by atoms with Crippen molar-refractivity contribution in [3.05, 3.63) is 23.8 Å². The van der Waals surface area contributed by atoms with Gasteiger partial charge in [0, 0.05) is 18.2 Å². The van der Waals surface area contributed by atoms with Gasteiger partial charge >= 0.3 is 0 Å². The number of nitrogen functional groups attached to an aromatic ring is 1. The molecule has 0 amide bonds. The van der Waals surface area contributed by atoms with E-state index >= 15 is 0 Å². The van der Waals surface area contributed by atoms with E-state index in [4.69, 9.17) is 5.73 Å². The number of nitrogens with two attached hydrogens (primary N) is 1. The Balaban J connectivity index is 2.18. The number of imidazole rings is 1. The Morgan fingerprint density at radius 3 is 2.61 bits per heavy atom. The van der Waals surface area contributed by atoms with Crippen molar-refractivity contribution in [1.82, 2.24) is 9.55 Å². The standard InChI is InChI=1S/C13H15F2N3/c14-8-6-10(15)12-11(7-8)18(13(16)17-12)9-4-2-1-3-5-9/h6-7,9H,1-5H2,(H2,16,17). The minimum absolute atomic E-state index is 0.166. The van der Waals surface area contributed by atoms with Crippen molar-refractivity contribution in [2.45, 2.75) is 38.1 Å². The number of halogens is 2. The molecule has 96 valence electrons. The molecule has 0 radical (unpaired) electrons. The molecule has 1 saturated carbocycles. The average molecular weight is 251 g/mol. The van der Waals surface area contributed by atoms with Gasteiger partial charge in [0.2, 0.25) is 5.95 Å². The molecular formula is C13H15F2N3. The summed E-state index contributed by atoms with van der Waals surface area (Å²) in [5, 5.41) is 0. The van der Waals surface area contributed by atoms with Crippen LogP contribution in [0.15, 0.2) is 12.1 Å². The molecule has 18 heavy (non-hydrogen) atoms. The zero-order valence-electron chi connectivity index (χ0n) is 10.00. The molecule has 1 aliphatic carbocycles. The van der Waals surface area contributed by atoms with Crippen LogP contribution < -0.4 is 5.73 Å². The van der Waals surface area contributed by atoms with Crippen LogP contribution in [-0.4, -0.2) is 9.55 Å². The van der Waals surface area contributed by atoms with Crippen LogP contribution in [-0.2, 0) is 0 Å². The Morgan fingerprint density at radius 2 is 1.89 bits per heavy atom. The lowest BCUT2D eigenvalue weighted by atomic mass is 9.95. The number of nitrogens with zero attached hydrogens (tertiary/aromatic N) is 2. The molecule has 1 aromatic carbocycles. The van der Waals surface area contributed by atoms with Crippen molar-refractivity contribution in [2.75, 3.05) is 5.73 Å². The van der Waals surface area contributed by atoms with Gasteiger partial charge in [0.05, 0.1) is 5.52 Å². The normalized spacial score (nSPS) is 17.4. The third kappa shape index (κ3) is 1.74. The number of aromatic nitrogens is 2. The lowest BCUT2D eigenvalue weighted by Gasteiger charge is -2.24. The third-order valence-corrected chi connectivity index (χ3v) is 3.68. The van der Waals surface area contributed by atoms with E-state index in [0.29, 0.717) is 5.52 Å². The van der Waals surface area contributed by atoms with Crippen LogP contribution in [0.2, 0.25) is 0 Å². The fraction of sp³-hybridized carbons (Fsp3) is 0.462. The zero-order chi connectivity index (χ0) is 12.7. The molecule has 1 fully saturated rings. The van der Waals surface area contributed by atoms with Gasteiger partial charge in [-0.2, -0.15) is 0 Å². The summed E-state index contributed by atoms with van der Waals surface area (Å²) in [4.78, 5) is 4.03. The molecule has 2 aromatic rings. The highest BCUT2D eigenvalue weighted by atomic mass is 19.1. The van der Waals surface area contributed by atoms with Gasteiger partial charge in [-0.05, 0) is 12.8 Å². The van der Waals surface area contributed by atoms with Gasteiger partial charge in [0.25, 0.3) is 0 Å². The zero-order valence-corrected chi connectivity index (χ0v) is 10.00. The lowest BCUT2D eigenvalue weighted by molar-refractivity contribution is 0.363. The van der Waals surface area contributed by atoms with E-state index in [1.165, 1.54) is 12.5 Å². The highest BCUT2D eigenvalue weighted by molar-refractivity contribution is 5.79. The first kappa shape index (κ1) is 11.4. The van der Waals surface area contributed by atoms with Crippen LogP contribution in [0.5, 0.6) is 0 Å². The smallest absolute Gasteiger partial charge is 0.201 e. The molecular weight excluding hydrogens is 236 g/mol. The fourth-order valence-electron chi connectivity index (χ4n) is 2.86. The van der Waals surface area contributed by atoms with Gasteiger partial charge in [-0.25, -0.2) is 13.8 Å². The van der Waals surface area contributed by atoms with E-state index in [1.54, 1.807) is 4.57 Å². The first-order valence-electron chi connectivity index (χ1n) is 6.29.